The predicted molar refractivity (Wildman–Crippen MR) is 55.1 cm³/mol. The summed E-state index contributed by atoms with van der Waals surface area (Å²) >= 11 is 0. The lowest BCUT2D eigenvalue weighted by molar-refractivity contribution is 0.155. The molecule has 1 heterocycles. The standard InChI is InChI=1S/C11H20N2/c1-9(10-5-4-6-10)13-8-3-2-7-11(13)12/h9-10,12H,2-8H2,1H3. The number of nitrogens with zero attached hydrogens (tertiary/aromatic N) is 1. The van der Waals surface area contributed by atoms with Crippen molar-refractivity contribution in [3.63, 3.8) is 0 Å². The molecule has 0 amide bonds. The van der Waals surface area contributed by atoms with E-state index in [9.17, 15) is 0 Å². The summed E-state index contributed by atoms with van der Waals surface area (Å²) in [6.45, 7) is 3.44. The Hall–Kier alpha value is -0.530. The lowest BCUT2D eigenvalue weighted by Gasteiger charge is -2.42. The van der Waals surface area contributed by atoms with Crippen molar-refractivity contribution >= 4 is 5.84 Å². The molecule has 1 atom stereocenters. The first kappa shape index (κ1) is 9.04. The normalized spacial score (nSPS) is 27.2. The van der Waals surface area contributed by atoms with Gasteiger partial charge in [0.1, 0.15) is 0 Å². The van der Waals surface area contributed by atoms with Gasteiger partial charge >= 0.3 is 0 Å². The number of hydrogen-bond acceptors (Lipinski definition) is 1. The third-order valence-electron chi connectivity index (χ3n) is 3.73. The van der Waals surface area contributed by atoms with E-state index in [1.807, 2.05) is 0 Å². The SMILES string of the molecule is CC(C1CCC1)N1CCCCC1=N. The molecule has 1 saturated carbocycles. The second-order valence-electron chi connectivity index (χ2n) is 4.53. The molecule has 0 aromatic rings. The van der Waals surface area contributed by atoms with Gasteiger partial charge < -0.3 is 4.90 Å². The summed E-state index contributed by atoms with van der Waals surface area (Å²) in [4.78, 5) is 2.34. The fourth-order valence-electron chi connectivity index (χ4n) is 2.48. The largest absolute Gasteiger partial charge is 0.358 e. The van der Waals surface area contributed by atoms with Gasteiger partial charge in [-0.1, -0.05) is 6.42 Å². The van der Waals surface area contributed by atoms with Gasteiger partial charge in [-0.25, -0.2) is 0 Å². The first-order chi connectivity index (χ1) is 6.29. The number of piperidine rings is 1. The fraction of sp³-hybridized carbons (Fsp3) is 0.909. The minimum atomic E-state index is 0.640. The smallest absolute Gasteiger partial charge is 0.0960 e. The van der Waals surface area contributed by atoms with E-state index in [0.717, 1.165) is 24.7 Å². The summed E-state index contributed by atoms with van der Waals surface area (Å²) in [7, 11) is 0. The molecule has 0 radical (unpaired) electrons. The van der Waals surface area contributed by atoms with E-state index in [4.69, 9.17) is 5.41 Å². The summed E-state index contributed by atoms with van der Waals surface area (Å²) in [6, 6.07) is 0.640. The lowest BCUT2D eigenvalue weighted by Crippen LogP contribution is -2.46. The Kier molecular flexibility index (Phi) is 2.56. The van der Waals surface area contributed by atoms with Gasteiger partial charge in [0.15, 0.2) is 0 Å². The third kappa shape index (κ3) is 1.72. The van der Waals surface area contributed by atoms with Crippen LogP contribution in [0.1, 0.15) is 45.4 Å². The highest BCUT2D eigenvalue weighted by Gasteiger charge is 2.30. The third-order valence-corrected chi connectivity index (χ3v) is 3.73. The Bertz CT molecular complexity index is 196. The molecule has 2 rings (SSSR count). The Labute approximate surface area is 80.8 Å². The number of amidine groups is 1. The molecule has 1 aliphatic carbocycles. The monoisotopic (exact) mass is 180 g/mol. The molecule has 1 saturated heterocycles. The maximum absolute atomic E-state index is 7.89. The summed E-state index contributed by atoms with van der Waals surface area (Å²) in [6.07, 6.45) is 7.73. The van der Waals surface area contributed by atoms with Crippen molar-refractivity contribution in [2.24, 2.45) is 5.92 Å². The number of likely N-dealkylation sites (tertiary alicyclic amines) is 1. The molecule has 13 heavy (non-hydrogen) atoms. The lowest BCUT2D eigenvalue weighted by atomic mass is 9.79. The number of hydrogen-bond donors (Lipinski definition) is 1. The van der Waals surface area contributed by atoms with Crippen molar-refractivity contribution in [2.45, 2.75) is 51.5 Å². The molecule has 1 unspecified atom stereocenters. The van der Waals surface area contributed by atoms with E-state index >= 15 is 0 Å². The minimum absolute atomic E-state index is 0.640. The van der Waals surface area contributed by atoms with Gasteiger partial charge in [-0.2, -0.15) is 0 Å². The van der Waals surface area contributed by atoms with Gasteiger partial charge in [0, 0.05) is 19.0 Å². The minimum Gasteiger partial charge on any atom is -0.358 e. The van der Waals surface area contributed by atoms with Crippen LogP contribution in [0.3, 0.4) is 0 Å². The Balaban J connectivity index is 1.92. The second-order valence-corrected chi connectivity index (χ2v) is 4.53. The molecule has 2 heteroatoms. The summed E-state index contributed by atoms with van der Waals surface area (Å²) in [5.41, 5.74) is 0. The molecule has 2 aliphatic rings. The van der Waals surface area contributed by atoms with Gasteiger partial charge in [-0.3, -0.25) is 5.41 Å². The molecule has 0 spiro atoms. The first-order valence-corrected chi connectivity index (χ1v) is 5.63. The molecule has 2 fully saturated rings. The second kappa shape index (κ2) is 3.69. The van der Waals surface area contributed by atoms with E-state index < -0.39 is 0 Å². The van der Waals surface area contributed by atoms with Crippen molar-refractivity contribution in [2.75, 3.05) is 6.54 Å². The van der Waals surface area contributed by atoms with Crippen molar-refractivity contribution in [1.82, 2.24) is 4.90 Å². The van der Waals surface area contributed by atoms with Crippen LogP contribution in [0.15, 0.2) is 0 Å². The fourth-order valence-corrected chi connectivity index (χ4v) is 2.48. The van der Waals surface area contributed by atoms with Gasteiger partial charge in [0.05, 0.1) is 5.84 Å². The van der Waals surface area contributed by atoms with E-state index in [1.165, 1.54) is 32.1 Å². The van der Waals surface area contributed by atoms with E-state index in [2.05, 4.69) is 11.8 Å². The Morgan fingerprint density at radius 1 is 1.31 bits per heavy atom. The van der Waals surface area contributed by atoms with Gasteiger partial charge in [-0.15, -0.1) is 0 Å². The summed E-state index contributed by atoms with van der Waals surface area (Å²) in [5.74, 6) is 1.78. The predicted octanol–water partition coefficient (Wildman–Crippen LogP) is 2.64. The number of rotatable bonds is 2. The average Bonchev–Trinajstić information content (AvgIpc) is 2.01. The quantitative estimate of drug-likeness (QED) is 0.695. The molecular weight excluding hydrogens is 160 g/mol. The molecule has 1 aliphatic heterocycles. The van der Waals surface area contributed by atoms with E-state index in [0.29, 0.717) is 6.04 Å². The highest BCUT2D eigenvalue weighted by atomic mass is 15.2. The maximum Gasteiger partial charge on any atom is 0.0960 e. The van der Waals surface area contributed by atoms with Crippen LogP contribution in [0.5, 0.6) is 0 Å². The average molecular weight is 180 g/mol. The zero-order chi connectivity index (χ0) is 9.26. The summed E-state index contributed by atoms with van der Waals surface area (Å²) < 4.78 is 0. The molecule has 0 bridgehead atoms. The van der Waals surface area contributed by atoms with Crippen molar-refractivity contribution in [3.05, 3.63) is 0 Å². The van der Waals surface area contributed by atoms with Crippen LogP contribution < -0.4 is 0 Å². The van der Waals surface area contributed by atoms with Crippen molar-refractivity contribution in [1.29, 1.82) is 5.41 Å². The van der Waals surface area contributed by atoms with Crippen LogP contribution in [0.2, 0.25) is 0 Å². The highest BCUT2D eigenvalue weighted by Crippen LogP contribution is 2.33. The van der Waals surface area contributed by atoms with Crippen LogP contribution in [-0.4, -0.2) is 23.3 Å². The van der Waals surface area contributed by atoms with Gasteiger partial charge in [0.25, 0.3) is 0 Å². The molecule has 0 aromatic carbocycles. The van der Waals surface area contributed by atoms with Gasteiger partial charge in [-0.05, 0) is 38.5 Å². The zero-order valence-electron chi connectivity index (χ0n) is 8.55. The molecule has 2 nitrogen and oxygen atoms in total. The molecule has 74 valence electrons. The maximum atomic E-state index is 7.89. The summed E-state index contributed by atoms with van der Waals surface area (Å²) in [5, 5.41) is 7.89. The Morgan fingerprint density at radius 3 is 2.62 bits per heavy atom. The zero-order valence-corrected chi connectivity index (χ0v) is 8.55. The van der Waals surface area contributed by atoms with E-state index in [-0.39, 0.29) is 0 Å². The molecule has 0 aromatic heterocycles. The Morgan fingerprint density at radius 2 is 2.08 bits per heavy atom. The van der Waals surface area contributed by atoms with Crippen LogP contribution in [0.4, 0.5) is 0 Å². The molecular formula is C11H20N2. The van der Waals surface area contributed by atoms with Crippen molar-refractivity contribution < 1.29 is 0 Å². The van der Waals surface area contributed by atoms with Crippen LogP contribution in [0, 0.1) is 11.3 Å². The van der Waals surface area contributed by atoms with Crippen LogP contribution in [0.25, 0.3) is 0 Å². The number of nitrogens with one attached hydrogen (secondary N) is 1. The van der Waals surface area contributed by atoms with Gasteiger partial charge in [0.2, 0.25) is 0 Å². The highest BCUT2D eigenvalue weighted by molar-refractivity contribution is 5.80. The van der Waals surface area contributed by atoms with Crippen LogP contribution in [-0.2, 0) is 0 Å². The topological polar surface area (TPSA) is 27.1 Å². The van der Waals surface area contributed by atoms with Crippen LogP contribution >= 0.6 is 0 Å². The van der Waals surface area contributed by atoms with E-state index in [1.54, 1.807) is 0 Å². The van der Waals surface area contributed by atoms with Crippen molar-refractivity contribution in [3.8, 4) is 0 Å². The molecule has 1 N–H and O–H groups in total. The first-order valence-electron chi connectivity index (χ1n) is 5.63.